The van der Waals surface area contributed by atoms with Crippen molar-refractivity contribution < 1.29 is 37.4 Å². The fraction of sp³-hybridized carbons (Fsp3) is 0.333. The van der Waals surface area contributed by atoms with Crippen LogP contribution in [0.25, 0.3) is 11.0 Å². The van der Waals surface area contributed by atoms with Crippen molar-refractivity contribution in [3.8, 4) is 0 Å². The van der Waals surface area contributed by atoms with Crippen LogP contribution < -0.4 is 5.73 Å². The van der Waals surface area contributed by atoms with Gasteiger partial charge in [-0.25, -0.2) is 4.98 Å². The minimum absolute atomic E-state index is 0.0407. The minimum atomic E-state index is -4.61. The van der Waals surface area contributed by atoms with E-state index in [0.29, 0.717) is 0 Å². The standard InChI is InChI=1S/C12H13F3N3O5P/c13-12(14,15)6-1-2-9-8(3-6)17-10(4-7(16)11(19)20)18(9)5-24(21,22)23/h1-3,7H,4-5,16H2,(H,19,20)(H2,21,22,23)/t7-/m1/s1. The summed E-state index contributed by atoms with van der Waals surface area (Å²) in [6, 6.07) is 1.08. The summed E-state index contributed by atoms with van der Waals surface area (Å²) in [5.41, 5.74) is 4.27. The predicted octanol–water partition coefficient (Wildman–Crippen LogP) is 1.14. The van der Waals surface area contributed by atoms with Gasteiger partial charge in [-0.1, -0.05) is 0 Å². The van der Waals surface area contributed by atoms with Gasteiger partial charge in [0.1, 0.15) is 18.2 Å². The number of carboxylic acids is 1. The Morgan fingerprint density at radius 1 is 1.38 bits per heavy atom. The van der Waals surface area contributed by atoms with Gasteiger partial charge in [0.25, 0.3) is 0 Å². The van der Waals surface area contributed by atoms with Gasteiger partial charge in [-0.3, -0.25) is 9.36 Å². The molecule has 0 aliphatic heterocycles. The second kappa shape index (κ2) is 6.17. The van der Waals surface area contributed by atoms with Crippen LogP contribution in [0.4, 0.5) is 13.2 Å². The van der Waals surface area contributed by atoms with E-state index in [4.69, 9.17) is 20.6 Å². The molecule has 132 valence electrons. The van der Waals surface area contributed by atoms with E-state index >= 15 is 0 Å². The molecule has 0 saturated carbocycles. The zero-order valence-electron chi connectivity index (χ0n) is 11.9. The maximum atomic E-state index is 12.8. The third kappa shape index (κ3) is 4.12. The number of nitrogens with zero attached hydrogens (tertiary/aromatic N) is 2. The Labute approximate surface area is 132 Å². The smallest absolute Gasteiger partial charge is 0.416 e. The third-order valence-electron chi connectivity index (χ3n) is 3.20. The number of carbonyl (C=O) groups is 1. The summed E-state index contributed by atoms with van der Waals surface area (Å²) in [5, 5.41) is 8.83. The van der Waals surface area contributed by atoms with E-state index < -0.39 is 44.1 Å². The quantitative estimate of drug-likeness (QED) is 0.581. The van der Waals surface area contributed by atoms with Crippen molar-refractivity contribution in [1.82, 2.24) is 9.55 Å². The van der Waals surface area contributed by atoms with Crippen LogP contribution in [0.2, 0.25) is 0 Å². The summed E-state index contributed by atoms with van der Waals surface area (Å²) in [6.07, 6.45) is -5.86. The molecule has 0 aliphatic carbocycles. The van der Waals surface area contributed by atoms with Crippen LogP contribution in [-0.4, -0.2) is 36.5 Å². The number of imidazole rings is 1. The van der Waals surface area contributed by atoms with Crippen molar-refractivity contribution in [3.63, 3.8) is 0 Å². The van der Waals surface area contributed by atoms with Crippen LogP contribution in [-0.2, 0) is 28.2 Å². The molecule has 1 atom stereocenters. The Balaban J connectivity index is 2.59. The van der Waals surface area contributed by atoms with Gasteiger partial charge in [0.2, 0.25) is 0 Å². The number of alkyl halides is 3. The molecule has 1 aromatic heterocycles. The summed E-state index contributed by atoms with van der Waals surface area (Å²) >= 11 is 0. The molecule has 0 saturated heterocycles. The highest BCUT2D eigenvalue weighted by Crippen LogP contribution is 2.39. The van der Waals surface area contributed by atoms with Crippen LogP contribution in [0.15, 0.2) is 18.2 Å². The van der Waals surface area contributed by atoms with E-state index in [0.717, 1.165) is 22.8 Å². The lowest BCUT2D eigenvalue weighted by Gasteiger charge is -2.12. The highest BCUT2D eigenvalue weighted by atomic mass is 31.2. The Bertz CT molecular complexity index is 829. The fourth-order valence-corrected chi connectivity index (χ4v) is 2.82. The lowest BCUT2D eigenvalue weighted by atomic mass is 10.2. The van der Waals surface area contributed by atoms with Gasteiger partial charge < -0.3 is 25.2 Å². The maximum absolute atomic E-state index is 12.8. The summed E-state index contributed by atoms with van der Waals surface area (Å²) in [5.74, 6) is -1.50. The first-order valence-electron chi connectivity index (χ1n) is 6.48. The van der Waals surface area contributed by atoms with Crippen molar-refractivity contribution in [2.24, 2.45) is 5.73 Å². The zero-order valence-corrected chi connectivity index (χ0v) is 12.8. The first kappa shape index (κ1) is 18.4. The van der Waals surface area contributed by atoms with Crippen molar-refractivity contribution in [1.29, 1.82) is 0 Å². The summed E-state index contributed by atoms with van der Waals surface area (Å²) in [6.45, 7) is 0. The molecule has 0 fully saturated rings. The average Bonchev–Trinajstić information content (AvgIpc) is 2.73. The molecule has 12 heteroatoms. The molecule has 0 bridgehead atoms. The molecule has 0 radical (unpaired) electrons. The van der Waals surface area contributed by atoms with Gasteiger partial charge in [0.05, 0.1) is 16.6 Å². The van der Waals surface area contributed by atoms with E-state index in [2.05, 4.69) is 4.98 Å². The van der Waals surface area contributed by atoms with Crippen LogP contribution in [0.1, 0.15) is 11.4 Å². The SMILES string of the molecule is N[C@H](Cc1nc2cc(C(F)(F)F)ccc2n1CP(=O)(O)O)C(=O)O. The lowest BCUT2D eigenvalue weighted by molar-refractivity contribution is -0.139. The fourth-order valence-electron chi connectivity index (χ4n) is 2.14. The van der Waals surface area contributed by atoms with Gasteiger partial charge >= 0.3 is 19.7 Å². The van der Waals surface area contributed by atoms with Crippen molar-refractivity contribution >= 4 is 24.6 Å². The first-order valence-corrected chi connectivity index (χ1v) is 8.27. The molecule has 1 aromatic carbocycles. The molecule has 24 heavy (non-hydrogen) atoms. The summed E-state index contributed by atoms with van der Waals surface area (Å²) < 4.78 is 50.5. The largest absolute Gasteiger partial charge is 0.480 e. The van der Waals surface area contributed by atoms with Crippen LogP contribution in [0.3, 0.4) is 0 Å². The Morgan fingerprint density at radius 2 is 2.00 bits per heavy atom. The number of aromatic nitrogens is 2. The van der Waals surface area contributed by atoms with Gasteiger partial charge in [0.15, 0.2) is 0 Å². The maximum Gasteiger partial charge on any atom is 0.416 e. The molecule has 2 aromatic rings. The topological polar surface area (TPSA) is 139 Å². The number of rotatable bonds is 5. The van der Waals surface area contributed by atoms with Gasteiger partial charge in [-0.15, -0.1) is 0 Å². The molecular formula is C12H13F3N3O5P. The number of carboxylic acid groups (broad SMARTS) is 1. The molecular weight excluding hydrogens is 354 g/mol. The van der Waals surface area contributed by atoms with Crippen LogP contribution >= 0.6 is 7.60 Å². The van der Waals surface area contributed by atoms with Gasteiger partial charge in [-0.05, 0) is 18.2 Å². The molecule has 5 N–H and O–H groups in total. The molecule has 2 rings (SSSR count). The Hall–Kier alpha value is -1.94. The molecule has 8 nitrogen and oxygen atoms in total. The van der Waals surface area contributed by atoms with Crippen molar-refractivity contribution in [2.45, 2.75) is 24.9 Å². The molecule has 0 amide bonds. The van der Waals surface area contributed by atoms with E-state index in [1.165, 1.54) is 0 Å². The Kier molecular flexibility index (Phi) is 4.73. The number of hydrogen-bond donors (Lipinski definition) is 4. The average molecular weight is 367 g/mol. The number of benzene rings is 1. The first-order chi connectivity index (χ1) is 10.9. The highest BCUT2D eigenvalue weighted by molar-refractivity contribution is 7.50. The molecule has 0 spiro atoms. The predicted molar refractivity (Wildman–Crippen MR) is 76.1 cm³/mol. The number of aliphatic carboxylic acids is 1. The molecule has 0 aliphatic rings. The summed E-state index contributed by atoms with van der Waals surface area (Å²) in [4.78, 5) is 33.0. The molecule has 0 unspecified atom stereocenters. The zero-order chi connectivity index (χ0) is 18.3. The number of halogens is 3. The monoisotopic (exact) mass is 367 g/mol. The minimum Gasteiger partial charge on any atom is -0.480 e. The normalized spacial score (nSPS) is 14.1. The van der Waals surface area contributed by atoms with E-state index in [-0.39, 0.29) is 16.9 Å². The second-order valence-corrected chi connectivity index (χ2v) is 6.72. The van der Waals surface area contributed by atoms with Gasteiger partial charge in [-0.2, -0.15) is 13.2 Å². The van der Waals surface area contributed by atoms with Crippen molar-refractivity contribution in [2.75, 3.05) is 0 Å². The number of fused-ring (bicyclic) bond motifs is 1. The van der Waals surface area contributed by atoms with Gasteiger partial charge in [0, 0.05) is 6.42 Å². The lowest BCUT2D eigenvalue weighted by Crippen LogP contribution is -2.33. The summed E-state index contributed by atoms with van der Waals surface area (Å²) in [7, 11) is -4.58. The third-order valence-corrected chi connectivity index (χ3v) is 3.85. The Morgan fingerprint density at radius 3 is 2.50 bits per heavy atom. The second-order valence-electron chi connectivity index (χ2n) is 5.11. The number of hydrogen-bond acceptors (Lipinski definition) is 4. The highest BCUT2D eigenvalue weighted by Gasteiger charge is 2.31. The van der Waals surface area contributed by atoms with Crippen molar-refractivity contribution in [3.05, 3.63) is 29.6 Å². The van der Waals surface area contributed by atoms with Crippen LogP contribution in [0.5, 0.6) is 0 Å². The van der Waals surface area contributed by atoms with E-state index in [9.17, 15) is 22.5 Å². The van der Waals surface area contributed by atoms with Crippen LogP contribution in [0, 0.1) is 0 Å². The van der Waals surface area contributed by atoms with E-state index in [1.54, 1.807) is 0 Å². The van der Waals surface area contributed by atoms with E-state index in [1.807, 2.05) is 0 Å². The molecule has 1 heterocycles. The number of nitrogens with two attached hydrogens (primary N) is 1.